The van der Waals surface area contributed by atoms with Crippen molar-refractivity contribution in [3.8, 4) is 51.0 Å². The van der Waals surface area contributed by atoms with Gasteiger partial charge in [-0.1, -0.05) is 148 Å². The van der Waals surface area contributed by atoms with E-state index < -0.39 is 0 Å². The lowest BCUT2D eigenvalue weighted by Crippen LogP contribution is -2.13. The fraction of sp³-hybridized carbons (Fsp3) is 0.0727. The van der Waals surface area contributed by atoms with Crippen LogP contribution in [0.1, 0.15) is 26.3 Å². The maximum absolute atomic E-state index is 4.99. The number of nitrogens with zero attached hydrogens (tertiary/aromatic N) is 5. The van der Waals surface area contributed by atoms with Gasteiger partial charge in [0.1, 0.15) is 0 Å². The number of fused-ring (bicyclic) bond motifs is 3. The Labute approximate surface area is 350 Å². The fourth-order valence-electron chi connectivity index (χ4n) is 8.07. The number of para-hydroxylation sites is 1. The van der Waals surface area contributed by atoms with Crippen LogP contribution in [0.15, 0.2) is 206 Å². The first kappa shape index (κ1) is 36.7. The number of rotatable bonds is 8. The Kier molecular flexibility index (Phi) is 9.34. The van der Waals surface area contributed by atoms with Gasteiger partial charge in [-0.05, 0) is 101 Å². The highest BCUT2D eigenvalue weighted by Crippen LogP contribution is 2.41. The van der Waals surface area contributed by atoms with Gasteiger partial charge in [-0.25, -0.2) is 15.0 Å². The number of hydrogen-bond donors (Lipinski definition) is 0. The predicted molar refractivity (Wildman–Crippen MR) is 249 cm³/mol. The molecule has 0 aliphatic carbocycles. The molecule has 0 radical (unpaired) electrons. The van der Waals surface area contributed by atoms with Crippen molar-refractivity contribution in [2.75, 3.05) is 4.90 Å². The van der Waals surface area contributed by atoms with Crippen molar-refractivity contribution in [2.24, 2.45) is 0 Å². The monoisotopic (exact) mass is 773 g/mol. The molecule has 60 heavy (non-hydrogen) atoms. The summed E-state index contributed by atoms with van der Waals surface area (Å²) in [5, 5.41) is 2.36. The van der Waals surface area contributed by atoms with E-state index in [0.717, 1.165) is 50.5 Å². The van der Waals surface area contributed by atoms with Crippen LogP contribution in [0.4, 0.5) is 17.1 Å². The molecule has 0 aliphatic heterocycles. The summed E-state index contributed by atoms with van der Waals surface area (Å²) >= 11 is 0. The highest BCUT2D eigenvalue weighted by molar-refractivity contribution is 6.12. The molecule has 5 heteroatoms. The topological polar surface area (TPSA) is 46.8 Å². The summed E-state index contributed by atoms with van der Waals surface area (Å²) in [4.78, 5) is 17.2. The highest BCUT2D eigenvalue weighted by Gasteiger charge is 2.20. The number of benzene rings is 8. The Balaban J connectivity index is 1.12. The van der Waals surface area contributed by atoms with Crippen molar-refractivity contribution < 1.29 is 0 Å². The minimum atomic E-state index is 0.0625. The minimum absolute atomic E-state index is 0.0625. The van der Waals surface area contributed by atoms with Crippen molar-refractivity contribution in [3.63, 3.8) is 0 Å². The number of anilines is 3. The van der Waals surface area contributed by atoms with Crippen molar-refractivity contribution in [1.29, 1.82) is 0 Å². The third kappa shape index (κ3) is 7.01. The van der Waals surface area contributed by atoms with E-state index >= 15 is 0 Å². The third-order valence-corrected chi connectivity index (χ3v) is 11.2. The number of aromatic nitrogens is 4. The molecule has 0 saturated carbocycles. The highest BCUT2D eigenvalue weighted by atomic mass is 15.1. The molecule has 0 N–H and O–H groups in total. The predicted octanol–water partition coefficient (Wildman–Crippen LogP) is 14.4. The molecule has 288 valence electrons. The maximum atomic E-state index is 4.99. The van der Waals surface area contributed by atoms with E-state index in [9.17, 15) is 0 Å². The normalized spacial score (nSPS) is 11.6. The van der Waals surface area contributed by atoms with Crippen molar-refractivity contribution >= 4 is 38.9 Å². The largest absolute Gasteiger partial charge is 0.310 e. The average Bonchev–Trinajstić information content (AvgIpc) is 3.63. The van der Waals surface area contributed by atoms with Crippen LogP contribution >= 0.6 is 0 Å². The van der Waals surface area contributed by atoms with Crippen molar-refractivity contribution in [2.45, 2.75) is 26.2 Å². The molecule has 10 rings (SSSR count). The van der Waals surface area contributed by atoms with Gasteiger partial charge in [-0.3, -0.25) is 0 Å². The van der Waals surface area contributed by atoms with E-state index in [1.807, 2.05) is 60.7 Å². The zero-order chi connectivity index (χ0) is 40.6. The molecule has 0 aliphatic rings. The van der Waals surface area contributed by atoms with Crippen LogP contribution in [-0.2, 0) is 5.41 Å². The maximum Gasteiger partial charge on any atom is 0.164 e. The lowest BCUT2D eigenvalue weighted by atomic mass is 9.87. The molecule has 0 atom stereocenters. The van der Waals surface area contributed by atoms with Gasteiger partial charge in [0.15, 0.2) is 17.5 Å². The van der Waals surface area contributed by atoms with E-state index in [1.165, 1.54) is 27.5 Å². The van der Waals surface area contributed by atoms with E-state index in [4.69, 9.17) is 15.0 Å². The Morgan fingerprint density at radius 1 is 0.367 bits per heavy atom. The van der Waals surface area contributed by atoms with Crippen LogP contribution < -0.4 is 4.90 Å². The summed E-state index contributed by atoms with van der Waals surface area (Å²) in [6.07, 6.45) is 0. The van der Waals surface area contributed by atoms with Gasteiger partial charge in [0.05, 0.1) is 11.0 Å². The molecule has 0 saturated heterocycles. The number of hydrogen-bond acceptors (Lipinski definition) is 4. The average molecular weight is 774 g/mol. The minimum Gasteiger partial charge on any atom is -0.310 e. The van der Waals surface area contributed by atoms with Gasteiger partial charge in [0.2, 0.25) is 0 Å². The van der Waals surface area contributed by atoms with Crippen LogP contribution in [-0.4, -0.2) is 19.5 Å². The summed E-state index contributed by atoms with van der Waals surface area (Å²) in [6.45, 7) is 6.77. The standard InChI is InChI=1S/C55H43N5/c1-55(2,3)43-27-31-45(32-28-43)59(44-22-14-7-15-23-44)47-33-35-51-49(37-47)48-36-42(38-16-8-4-9-17-38)26-34-50(48)60(51)46-29-24-41(25-30-46)54-57-52(39-18-10-5-11-19-39)56-53(58-54)40-20-12-6-13-21-40/h4-37H,1-3H3. The molecule has 2 aromatic heterocycles. The van der Waals surface area contributed by atoms with E-state index in [-0.39, 0.29) is 5.41 Å². The lowest BCUT2D eigenvalue weighted by Gasteiger charge is -2.27. The molecule has 5 nitrogen and oxygen atoms in total. The molecule has 0 bridgehead atoms. The Morgan fingerprint density at radius 3 is 1.32 bits per heavy atom. The molecule has 10 aromatic rings. The van der Waals surface area contributed by atoms with Crippen LogP contribution in [0.3, 0.4) is 0 Å². The van der Waals surface area contributed by atoms with E-state index in [0.29, 0.717) is 17.5 Å². The van der Waals surface area contributed by atoms with Crippen LogP contribution in [0.2, 0.25) is 0 Å². The lowest BCUT2D eigenvalue weighted by molar-refractivity contribution is 0.590. The molecule has 0 unspecified atom stereocenters. The third-order valence-electron chi connectivity index (χ3n) is 11.2. The van der Waals surface area contributed by atoms with Crippen molar-refractivity contribution in [1.82, 2.24) is 19.5 Å². The zero-order valence-corrected chi connectivity index (χ0v) is 33.9. The first-order chi connectivity index (χ1) is 29.4. The Morgan fingerprint density at radius 2 is 0.783 bits per heavy atom. The Bertz CT molecular complexity index is 3020. The smallest absolute Gasteiger partial charge is 0.164 e. The molecule has 8 aromatic carbocycles. The molecule has 0 fully saturated rings. The second kappa shape index (κ2) is 15.3. The zero-order valence-electron chi connectivity index (χ0n) is 33.9. The Hall–Kier alpha value is -7.63. The summed E-state index contributed by atoms with van der Waals surface area (Å²) in [5.41, 5.74) is 13.2. The summed E-state index contributed by atoms with van der Waals surface area (Å²) in [7, 11) is 0. The van der Waals surface area contributed by atoms with Gasteiger partial charge < -0.3 is 9.47 Å². The van der Waals surface area contributed by atoms with Crippen LogP contribution in [0.25, 0.3) is 72.8 Å². The molecule has 0 spiro atoms. The second-order valence-electron chi connectivity index (χ2n) is 16.2. The van der Waals surface area contributed by atoms with Crippen LogP contribution in [0.5, 0.6) is 0 Å². The van der Waals surface area contributed by atoms with Gasteiger partial charge in [-0.2, -0.15) is 0 Å². The van der Waals surface area contributed by atoms with Gasteiger partial charge in [0, 0.05) is 50.2 Å². The molecule has 0 amide bonds. The van der Waals surface area contributed by atoms with Crippen molar-refractivity contribution in [3.05, 3.63) is 212 Å². The summed E-state index contributed by atoms with van der Waals surface area (Å²) < 4.78 is 2.37. The van der Waals surface area contributed by atoms with Gasteiger partial charge in [0.25, 0.3) is 0 Å². The first-order valence-electron chi connectivity index (χ1n) is 20.4. The first-order valence-corrected chi connectivity index (χ1v) is 20.4. The summed E-state index contributed by atoms with van der Waals surface area (Å²) in [6, 6.07) is 72.8. The quantitative estimate of drug-likeness (QED) is 0.154. The molecular weight excluding hydrogens is 731 g/mol. The second-order valence-corrected chi connectivity index (χ2v) is 16.2. The molecular formula is C55H43N5. The SMILES string of the molecule is CC(C)(C)c1ccc(N(c2ccccc2)c2ccc3c(c2)c2cc(-c4ccccc4)ccc2n3-c2ccc(-c3nc(-c4ccccc4)nc(-c4ccccc4)n3)cc2)cc1. The van der Waals surface area contributed by atoms with Gasteiger partial charge in [-0.15, -0.1) is 0 Å². The van der Waals surface area contributed by atoms with E-state index in [1.54, 1.807) is 0 Å². The van der Waals surface area contributed by atoms with E-state index in [2.05, 4.69) is 176 Å². The fourth-order valence-corrected chi connectivity index (χ4v) is 8.07. The van der Waals surface area contributed by atoms with Crippen LogP contribution in [0, 0.1) is 0 Å². The van der Waals surface area contributed by atoms with Gasteiger partial charge >= 0.3 is 0 Å². The summed E-state index contributed by atoms with van der Waals surface area (Å²) in [5.74, 6) is 1.92. The molecule has 2 heterocycles.